The maximum absolute atomic E-state index is 12.2. The van der Waals surface area contributed by atoms with E-state index in [1.807, 2.05) is 36.2 Å². The van der Waals surface area contributed by atoms with E-state index < -0.39 is 0 Å². The summed E-state index contributed by atoms with van der Waals surface area (Å²) < 4.78 is 0. The first-order chi connectivity index (χ1) is 8.68. The number of nitrogens with one attached hydrogen (secondary N) is 1. The van der Waals surface area contributed by atoms with Gasteiger partial charge in [0.1, 0.15) is 0 Å². The molecule has 1 fully saturated rings. The molecule has 3 nitrogen and oxygen atoms in total. The van der Waals surface area contributed by atoms with Gasteiger partial charge in [0.05, 0.1) is 6.42 Å². The van der Waals surface area contributed by atoms with Crippen molar-refractivity contribution in [3.05, 3.63) is 34.9 Å². The second-order valence-electron chi connectivity index (χ2n) is 4.77. The van der Waals surface area contributed by atoms with Gasteiger partial charge in [0.25, 0.3) is 0 Å². The quantitative estimate of drug-likeness (QED) is 0.909. The number of carbonyl (C=O) groups is 1. The summed E-state index contributed by atoms with van der Waals surface area (Å²) >= 11 is 6.08. The molecule has 1 aliphatic heterocycles. The highest BCUT2D eigenvalue weighted by atomic mass is 35.5. The molecule has 1 heterocycles. The van der Waals surface area contributed by atoms with E-state index in [9.17, 15) is 4.79 Å². The topological polar surface area (TPSA) is 32.3 Å². The minimum Gasteiger partial charge on any atom is -0.341 e. The molecule has 0 aliphatic carbocycles. The van der Waals surface area contributed by atoms with E-state index in [0.717, 1.165) is 31.5 Å². The molecule has 0 saturated carbocycles. The Bertz CT molecular complexity index is 416. The predicted octanol–water partition coefficient (Wildman–Crippen LogP) is 2.09. The predicted molar refractivity (Wildman–Crippen MR) is 73.8 cm³/mol. The highest BCUT2D eigenvalue weighted by molar-refractivity contribution is 6.31. The largest absolute Gasteiger partial charge is 0.341 e. The Labute approximate surface area is 113 Å². The summed E-state index contributed by atoms with van der Waals surface area (Å²) in [6.45, 7) is 1.95. The van der Waals surface area contributed by atoms with Gasteiger partial charge in [-0.15, -0.1) is 0 Å². The molecule has 0 bridgehead atoms. The Morgan fingerprint density at radius 3 is 2.94 bits per heavy atom. The van der Waals surface area contributed by atoms with E-state index in [1.165, 1.54) is 0 Å². The van der Waals surface area contributed by atoms with E-state index in [4.69, 9.17) is 11.6 Å². The summed E-state index contributed by atoms with van der Waals surface area (Å²) in [5.41, 5.74) is 0.903. The van der Waals surface area contributed by atoms with Crippen LogP contribution in [0.1, 0.15) is 18.4 Å². The molecular weight excluding hydrogens is 248 g/mol. The molecule has 1 amide bonds. The van der Waals surface area contributed by atoms with E-state index in [-0.39, 0.29) is 5.91 Å². The zero-order chi connectivity index (χ0) is 13.0. The van der Waals surface area contributed by atoms with Crippen LogP contribution in [0.5, 0.6) is 0 Å². The highest BCUT2D eigenvalue weighted by Crippen LogP contribution is 2.17. The third kappa shape index (κ3) is 3.24. The lowest BCUT2D eigenvalue weighted by molar-refractivity contribution is -0.131. The zero-order valence-corrected chi connectivity index (χ0v) is 11.4. The number of piperidine rings is 1. The first kappa shape index (κ1) is 13.4. The normalized spacial score (nSPS) is 19.6. The van der Waals surface area contributed by atoms with Gasteiger partial charge in [-0.3, -0.25) is 4.79 Å². The van der Waals surface area contributed by atoms with Gasteiger partial charge in [-0.1, -0.05) is 29.8 Å². The summed E-state index contributed by atoms with van der Waals surface area (Å²) in [5.74, 6) is 0.136. The van der Waals surface area contributed by atoms with E-state index in [2.05, 4.69) is 5.32 Å². The number of nitrogens with zero attached hydrogens (tertiary/aromatic N) is 1. The van der Waals surface area contributed by atoms with Crippen LogP contribution in [0, 0.1) is 0 Å². The minimum absolute atomic E-state index is 0.136. The van der Waals surface area contributed by atoms with Crippen molar-refractivity contribution in [2.75, 3.05) is 20.1 Å². The third-order valence-corrected chi connectivity index (χ3v) is 3.88. The number of halogens is 1. The summed E-state index contributed by atoms with van der Waals surface area (Å²) in [6.07, 6.45) is 2.60. The van der Waals surface area contributed by atoms with Crippen LogP contribution in [0.25, 0.3) is 0 Å². The number of likely N-dealkylation sites (N-methyl/N-ethyl adjacent to an activating group) is 1. The van der Waals surface area contributed by atoms with Crippen molar-refractivity contribution in [3.63, 3.8) is 0 Å². The van der Waals surface area contributed by atoms with Gasteiger partial charge in [-0.2, -0.15) is 0 Å². The maximum Gasteiger partial charge on any atom is 0.227 e. The Hall–Kier alpha value is -1.06. The number of carbonyl (C=O) groups excluding carboxylic acids is 1. The van der Waals surface area contributed by atoms with Crippen LogP contribution in [0.15, 0.2) is 24.3 Å². The highest BCUT2D eigenvalue weighted by Gasteiger charge is 2.22. The molecule has 4 heteroatoms. The van der Waals surface area contributed by atoms with Crippen molar-refractivity contribution in [2.24, 2.45) is 0 Å². The van der Waals surface area contributed by atoms with Crippen molar-refractivity contribution in [3.8, 4) is 0 Å². The van der Waals surface area contributed by atoms with Gasteiger partial charge in [-0.25, -0.2) is 0 Å². The lowest BCUT2D eigenvalue weighted by Gasteiger charge is -2.31. The Morgan fingerprint density at radius 2 is 2.28 bits per heavy atom. The van der Waals surface area contributed by atoms with Crippen LogP contribution in [-0.4, -0.2) is 37.0 Å². The molecule has 18 heavy (non-hydrogen) atoms. The fraction of sp³-hybridized carbons (Fsp3) is 0.500. The molecule has 0 aromatic heterocycles. The second-order valence-corrected chi connectivity index (χ2v) is 5.18. The lowest BCUT2D eigenvalue weighted by Crippen LogP contribution is -2.47. The molecule has 98 valence electrons. The number of amides is 1. The first-order valence-electron chi connectivity index (χ1n) is 6.38. The van der Waals surface area contributed by atoms with E-state index in [0.29, 0.717) is 17.5 Å². The van der Waals surface area contributed by atoms with Crippen LogP contribution in [0.2, 0.25) is 5.02 Å². The molecule has 1 aromatic carbocycles. The standard InChI is InChI=1S/C14H19ClN2O/c1-17(12-6-4-8-16-10-12)14(18)9-11-5-2-3-7-13(11)15/h2-3,5,7,12,16H,4,6,8-10H2,1H3. The minimum atomic E-state index is 0.136. The fourth-order valence-corrected chi connectivity index (χ4v) is 2.50. The molecule has 1 saturated heterocycles. The van der Waals surface area contributed by atoms with Gasteiger partial charge in [0.15, 0.2) is 0 Å². The van der Waals surface area contributed by atoms with Crippen molar-refractivity contribution < 1.29 is 4.79 Å². The molecule has 1 aromatic rings. The number of rotatable bonds is 3. The Balaban J connectivity index is 1.97. The average Bonchev–Trinajstić information content (AvgIpc) is 2.41. The van der Waals surface area contributed by atoms with Gasteiger partial charge in [0, 0.05) is 24.7 Å². The molecule has 1 unspecified atom stereocenters. The van der Waals surface area contributed by atoms with Gasteiger partial charge < -0.3 is 10.2 Å². The smallest absolute Gasteiger partial charge is 0.227 e. The van der Waals surface area contributed by atoms with Crippen molar-refractivity contribution >= 4 is 17.5 Å². The lowest BCUT2D eigenvalue weighted by atomic mass is 10.0. The zero-order valence-electron chi connectivity index (χ0n) is 10.7. The fourth-order valence-electron chi connectivity index (χ4n) is 2.30. The van der Waals surface area contributed by atoms with Crippen molar-refractivity contribution in [1.29, 1.82) is 0 Å². The van der Waals surface area contributed by atoms with Crippen LogP contribution in [0.4, 0.5) is 0 Å². The van der Waals surface area contributed by atoms with Gasteiger partial charge in [-0.05, 0) is 31.0 Å². The van der Waals surface area contributed by atoms with Crippen LogP contribution >= 0.6 is 11.6 Å². The SMILES string of the molecule is CN(C(=O)Cc1ccccc1Cl)C1CCCNC1. The van der Waals surface area contributed by atoms with Crippen molar-refractivity contribution in [1.82, 2.24) is 10.2 Å². The van der Waals surface area contributed by atoms with Crippen LogP contribution < -0.4 is 5.32 Å². The van der Waals surface area contributed by atoms with Crippen molar-refractivity contribution in [2.45, 2.75) is 25.3 Å². The monoisotopic (exact) mass is 266 g/mol. The van der Waals surface area contributed by atoms with E-state index in [1.54, 1.807) is 0 Å². The molecule has 0 spiro atoms. The third-order valence-electron chi connectivity index (χ3n) is 3.51. The molecule has 1 atom stereocenters. The molecular formula is C14H19ClN2O. The summed E-state index contributed by atoms with van der Waals surface area (Å²) in [6, 6.07) is 7.84. The first-order valence-corrected chi connectivity index (χ1v) is 6.76. The van der Waals surface area contributed by atoms with E-state index >= 15 is 0 Å². The maximum atomic E-state index is 12.2. The second kappa shape index (κ2) is 6.21. The number of hydrogen-bond donors (Lipinski definition) is 1. The molecule has 1 aliphatic rings. The number of benzene rings is 1. The Kier molecular flexibility index (Phi) is 4.61. The summed E-state index contributed by atoms with van der Waals surface area (Å²) in [4.78, 5) is 14.1. The molecule has 0 radical (unpaired) electrons. The average molecular weight is 267 g/mol. The van der Waals surface area contributed by atoms with Crippen LogP contribution in [0.3, 0.4) is 0 Å². The van der Waals surface area contributed by atoms with Crippen LogP contribution in [-0.2, 0) is 11.2 Å². The summed E-state index contributed by atoms with van der Waals surface area (Å²) in [7, 11) is 1.89. The van der Waals surface area contributed by atoms with Gasteiger partial charge in [0.2, 0.25) is 5.91 Å². The summed E-state index contributed by atoms with van der Waals surface area (Å²) in [5, 5.41) is 3.99. The Morgan fingerprint density at radius 1 is 1.50 bits per heavy atom. The molecule has 2 rings (SSSR count). The number of hydrogen-bond acceptors (Lipinski definition) is 2. The van der Waals surface area contributed by atoms with Gasteiger partial charge >= 0.3 is 0 Å². The molecule has 1 N–H and O–H groups in total.